The van der Waals surface area contributed by atoms with Gasteiger partial charge in [-0.05, 0) is 108 Å². The highest BCUT2D eigenvalue weighted by Gasteiger charge is 2.22. The maximum Gasteiger partial charge on any atom is 0.136 e. The van der Waals surface area contributed by atoms with Crippen molar-refractivity contribution in [3.63, 3.8) is 0 Å². The first-order chi connectivity index (χ1) is 25.3. The standard InChI is InChI=1S/C50H32O/c1-5-14-33(15-6-1)37-25-28-41-44(30-37)48(36-20-11-4-12-21-36)40-27-24-38(34-16-7-2-8-17-34)31-45(40)49(41)43-22-13-23-46-50(43)42-29-26-39(32-47(42)51-46)35-18-9-3-10-19-35/h1-32H. The van der Waals surface area contributed by atoms with Crippen LogP contribution >= 0.6 is 0 Å². The summed E-state index contributed by atoms with van der Waals surface area (Å²) in [6.45, 7) is 0. The van der Waals surface area contributed by atoms with Crippen LogP contribution in [0, 0.1) is 0 Å². The van der Waals surface area contributed by atoms with Crippen LogP contribution in [-0.4, -0.2) is 0 Å². The van der Waals surface area contributed by atoms with E-state index < -0.39 is 0 Å². The van der Waals surface area contributed by atoms with Crippen LogP contribution in [0.25, 0.3) is 99.1 Å². The minimum atomic E-state index is 0.890. The van der Waals surface area contributed by atoms with Gasteiger partial charge in [-0.25, -0.2) is 0 Å². The summed E-state index contributed by atoms with van der Waals surface area (Å²) in [4.78, 5) is 0. The normalized spacial score (nSPS) is 11.5. The number of rotatable bonds is 5. The lowest BCUT2D eigenvalue weighted by atomic mass is 9.83. The predicted octanol–water partition coefficient (Wildman–Crippen LogP) is 14.2. The molecule has 0 aliphatic carbocycles. The second-order valence-corrected chi connectivity index (χ2v) is 13.2. The second kappa shape index (κ2) is 12.0. The maximum absolute atomic E-state index is 6.66. The number of fused-ring (bicyclic) bond motifs is 5. The van der Waals surface area contributed by atoms with Gasteiger partial charge in [-0.3, -0.25) is 0 Å². The topological polar surface area (TPSA) is 13.1 Å². The van der Waals surface area contributed by atoms with E-state index >= 15 is 0 Å². The molecule has 10 aromatic rings. The predicted molar refractivity (Wildman–Crippen MR) is 216 cm³/mol. The van der Waals surface area contributed by atoms with Gasteiger partial charge in [0.05, 0.1) is 0 Å². The van der Waals surface area contributed by atoms with Gasteiger partial charge < -0.3 is 4.42 Å². The smallest absolute Gasteiger partial charge is 0.136 e. The highest BCUT2D eigenvalue weighted by molar-refractivity contribution is 6.26. The molecule has 0 unspecified atom stereocenters. The fourth-order valence-corrected chi connectivity index (χ4v) is 7.90. The van der Waals surface area contributed by atoms with Gasteiger partial charge in [0.2, 0.25) is 0 Å². The third kappa shape index (κ3) is 4.94. The largest absolute Gasteiger partial charge is 0.456 e. The Morgan fingerprint density at radius 2 is 0.706 bits per heavy atom. The number of hydrogen-bond donors (Lipinski definition) is 0. The first-order valence-corrected chi connectivity index (χ1v) is 17.5. The van der Waals surface area contributed by atoms with Crippen molar-refractivity contribution in [2.75, 3.05) is 0 Å². The van der Waals surface area contributed by atoms with Crippen LogP contribution in [0.2, 0.25) is 0 Å². The molecular formula is C50H32O. The average molecular weight is 649 g/mol. The molecule has 0 saturated carbocycles. The van der Waals surface area contributed by atoms with Crippen molar-refractivity contribution >= 4 is 43.5 Å². The molecule has 51 heavy (non-hydrogen) atoms. The van der Waals surface area contributed by atoms with Gasteiger partial charge in [0.25, 0.3) is 0 Å². The van der Waals surface area contributed by atoms with Crippen molar-refractivity contribution in [1.29, 1.82) is 0 Å². The minimum absolute atomic E-state index is 0.890. The molecule has 0 amide bonds. The zero-order valence-electron chi connectivity index (χ0n) is 27.9. The highest BCUT2D eigenvalue weighted by atomic mass is 16.3. The molecule has 1 heteroatoms. The molecule has 0 radical (unpaired) electrons. The maximum atomic E-state index is 6.66. The lowest BCUT2D eigenvalue weighted by Gasteiger charge is -2.20. The van der Waals surface area contributed by atoms with Crippen LogP contribution < -0.4 is 0 Å². The molecule has 238 valence electrons. The lowest BCUT2D eigenvalue weighted by molar-refractivity contribution is 0.669. The number of benzene rings is 9. The molecule has 0 spiro atoms. The Morgan fingerprint density at radius 1 is 0.255 bits per heavy atom. The summed E-state index contributed by atoms with van der Waals surface area (Å²) >= 11 is 0. The van der Waals surface area contributed by atoms with Crippen LogP contribution in [0.15, 0.2) is 199 Å². The minimum Gasteiger partial charge on any atom is -0.456 e. The summed E-state index contributed by atoms with van der Waals surface area (Å²) in [5.41, 5.74) is 13.8. The van der Waals surface area contributed by atoms with Crippen LogP contribution in [-0.2, 0) is 0 Å². The molecule has 0 saturated heterocycles. The second-order valence-electron chi connectivity index (χ2n) is 13.2. The van der Waals surface area contributed by atoms with Crippen molar-refractivity contribution in [3.05, 3.63) is 194 Å². The zero-order valence-corrected chi connectivity index (χ0v) is 27.9. The Kier molecular flexibility index (Phi) is 6.89. The molecule has 10 rings (SSSR count). The van der Waals surface area contributed by atoms with Gasteiger partial charge in [-0.2, -0.15) is 0 Å². The first kappa shape index (κ1) is 29.2. The summed E-state index contributed by atoms with van der Waals surface area (Å²) in [5.74, 6) is 0. The van der Waals surface area contributed by atoms with Crippen LogP contribution in [0.5, 0.6) is 0 Å². The number of furan rings is 1. The van der Waals surface area contributed by atoms with Crippen molar-refractivity contribution < 1.29 is 4.42 Å². The Morgan fingerprint density at radius 3 is 1.25 bits per heavy atom. The molecule has 9 aromatic carbocycles. The van der Waals surface area contributed by atoms with E-state index in [2.05, 4.69) is 194 Å². The van der Waals surface area contributed by atoms with Crippen LogP contribution in [0.1, 0.15) is 0 Å². The van der Waals surface area contributed by atoms with Crippen molar-refractivity contribution in [3.8, 4) is 55.6 Å². The average Bonchev–Trinajstić information content (AvgIpc) is 3.59. The quantitative estimate of drug-likeness (QED) is 0.169. The van der Waals surface area contributed by atoms with Crippen LogP contribution in [0.3, 0.4) is 0 Å². The summed E-state index contributed by atoms with van der Waals surface area (Å²) in [5, 5.41) is 7.15. The molecular weight excluding hydrogens is 617 g/mol. The fourth-order valence-electron chi connectivity index (χ4n) is 7.90. The van der Waals surface area contributed by atoms with E-state index in [4.69, 9.17) is 4.42 Å². The van der Waals surface area contributed by atoms with E-state index in [1.54, 1.807) is 0 Å². The van der Waals surface area contributed by atoms with Gasteiger partial charge in [0.1, 0.15) is 11.2 Å². The molecule has 1 aromatic heterocycles. The van der Waals surface area contributed by atoms with Gasteiger partial charge >= 0.3 is 0 Å². The van der Waals surface area contributed by atoms with E-state index in [1.165, 1.54) is 71.6 Å². The molecule has 0 fully saturated rings. The molecule has 0 bridgehead atoms. The van der Waals surface area contributed by atoms with Crippen molar-refractivity contribution in [2.45, 2.75) is 0 Å². The third-order valence-electron chi connectivity index (χ3n) is 10.3. The molecule has 0 N–H and O–H groups in total. The Balaban J connectivity index is 1.34. The van der Waals surface area contributed by atoms with E-state index in [9.17, 15) is 0 Å². The molecule has 1 nitrogen and oxygen atoms in total. The highest BCUT2D eigenvalue weighted by Crippen LogP contribution is 2.48. The fraction of sp³-hybridized carbons (Fsp3) is 0. The van der Waals surface area contributed by atoms with E-state index in [-0.39, 0.29) is 0 Å². The van der Waals surface area contributed by atoms with Gasteiger partial charge in [-0.1, -0.05) is 164 Å². The van der Waals surface area contributed by atoms with Gasteiger partial charge in [0, 0.05) is 10.8 Å². The molecule has 0 aliphatic heterocycles. The van der Waals surface area contributed by atoms with E-state index in [1.807, 2.05) is 0 Å². The third-order valence-corrected chi connectivity index (χ3v) is 10.3. The van der Waals surface area contributed by atoms with Gasteiger partial charge in [-0.15, -0.1) is 0 Å². The Labute approximate surface area is 296 Å². The van der Waals surface area contributed by atoms with Crippen molar-refractivity contribution in [2.24, 2.45) is 0 Å². The summed E-state index contributed by atoms with van der Waals surface area (Å²) < 4.78 is 6.66. The summed E-state index contributed by atoms with van der Waals surface area (Å²) in [6.07, 6.45) is 0. The van der Waals surface area contributed by atoms with Crippen molar-refractivity contribution in [1.82, 2.24) is 0 Å². The lowest BCUT2D eigenvalue weighted by Crippen LogP contribution is -1.93. The molecule has 0 atom stereocenters. The van der Waals surface area contributed by atoms with Gasteiger partial charge in [0.15, 0.2) is 0 Å². The first-order valence-electron chi connectivity index (χ1n) is 17.5. The number of hydrogen-bond acceptors (Lipinski definition) is 1. The Hall–Kier alpha value is -6.70. The Bertz CT molecular complexity index is 2870. The SMILES string of the molecule is c1ccc(-c2ccc3c(c2)oc2cccc(-c4c5ccc(-c6ccccc6)cc5c(-c5ccccc5)c5ccc(-c6ccccc6)cc45)c23)cc1. The molecule has 0 aliphatic rings. The van der Waals surface area contributed by atoms with E-state index in [0.717, 1.165) is 27.5 Å². The molecule has 1 heterocycles. The van der Waals surface area contributed by atoms with E-state index in [0.29, 0.717) is 0 Å². The van der Waals surface area contributed by atoms with Crippen LogP contribution in [0.4, 0.5) is 0 Å². The zero-order chi connectivity index (χ0) is 33.7. The summed E-state index contributed by atoms with van der Waals surface area (Å²) in [7, 11) is 0. The summed E-state index contributed by atoms with van der Waals surface area (Å²) in [6, 6.07) is 69.9. The monoisotopic (exact) mass is 648 g/mol.